The number of benzene rings is 1. The molecule has 0 aromatic heterocycles. The molecule has 0 N–H and O–H groups in total. The lowest BCUT2D eigenvalue weighted by Gasteiger charge is -2.21. The Kier molecular flexibility index (Phi) is 4.38. The van der Waals surface area contributed by atoms with Crippen LogP contribution in [0.4, 0.5) is 15.8 Å². The van der Waals surface area contributed by atoms with Gasteiger partial charge in [0.25, 0.3) is 0 Å². The van der Waals surface area contributed by atoms with Crippen molar-refractivity contribution >= 4 is 34.2 Å². The zero-order chi connectivity index (χ0) is 15.7. The maximum absolute atomic E-state index is 14.4. The van der Waals surface area contributed by atoms with Crippen molar-refractivity contribution in [2.24, 2.45) is 0 Å². The van der Waals surface area contributed by atoms with E-state index in [0.29, 0.717) is 24.3 Å². The fraction of sp³-hybridized carbons (Fsp3) is 0.500. The molecule has 2 aliphatic heterocycles. The zero-order valence-corrected chi connectivity index (χ0v) is 13.4. The molecule has 2 saturated heterocycles. The van der Waals surface area contributed by atoms with Gasteiger partial charge in [0.15, 0.2) is 5.12 Å². The Balaban J connectivity index is 1.76. The number of anilines is 2. The number of rotatable bonds is 3. The van der Waals surface area contributed by atoms with Gasteiger partial charge < -0.3 is 9.80 Å². The normalized spacial score (nSPS) is 21.7. The molecule has 0 aliphatic carbocycles. The van der Waals surface area contributed by atoms with Crippen molar-refractivity contribution in [1.29, 1.82) is 0 Å². The summed E-state index contributed by atoms with van der Waals surface area (Å²) in [5.74, 6) is -0.332. The molecule has 4 nitrogen and oxygen atoms in total. The number of hydrogen-bond donors (Lipinski definition) is 0. The molecule has 1 unspecified atom stereocenters. The first-order valence-electron chi connectivity index (χ1n) is 7.56. The van der Waals surface area contributed by atoms with Crippen molar-refractivity contribution < 1.29 is 14.0 Å². The summed E-state index contributed by atoms with van der Waals surface area (Å²) in [6, 6.07) is 5.00. The highest BCUT2D eigenvalue weighted by Gasteiger charge is 2.32. The summed E-state index contributed by atoms with van der Waals surface area (Å²) < 4.78 is 14.4. The highest BCUT2D eigenvalue weighted by molar-refractivity contribution is 8.14. The lowest BCUT2D eigenvalue weighted by molar-refractivity contribution is -0.117. The van der Waals surface area contributed by atoms with Crippen molar-refractivity contribution in [2.75, 3.05) is 29.4 Å². The average molecular weight is 322 g/mol. The van der Waals surface area contributed by atoms with E-state index in [9.17, 15) is 14.0 Å². The Labute approximate surface area is 133 Å². The van der Waals surface area contributed by atoms with E-state index in [-0.39, 0.29) is 22.1 Å². The van der Waals surface area contributed by atoms with Crippen molar-refractivity contribution in [1.82, 2.24) is 0 Å². The zero-order valence-electron chi connectivity index (χ0n) is 12.5. The molecule has 2 aliphatic rings. The van der Waals surface area contributed by atoms with Gasteiger partial charge in [-0.05, 0) is 31.0 Å². The number of halogens is 1. The molecule has 1 amide bonds. The molecule has 2 heterocycles. The van der Waals surface area contributed by atoms with Gasteiger partial charge in [-0.25, -0.2) is 4.39 Å². The van der Waals surface area contributed by atoms with Crippen LogP contribution in [0.25, 0.3) is 0 Å². The summed E-state index contributed by atoms with van der Waals surface area (Å²) >= 11 is 1.19. The van der Waals surface area contributed by atoms with Gasteiger partial charge in [0.1, 0.15) is 5.82 Å². The Morgan fingerprint density at radius 2 is 2.05 bits per heavy atom. The SMILES string of the molecule is CC(=O)SC1CC(=O)N(c2ccc(N3CCCC3)c(F)c2)C1. The fourth-order valence-electron chi connectivity index (χ4n) is 3.12. The van der Waals surface area contributed by atoms with Crippen LogP contribution in [0.5, 0.6) is 0 Å². The number of amides is 1. The molecular formula is C16H19FN2O2S. The van der Waals surface area contributed by atoms with Gasteiger partial charge in [-0.3, -0.25) is 9.59 Å². The number of carbonyl (C=O) groups is 2. The van der Waals surface area contributed by atoms with Crippen LogP contribution in [0.15, 0.2) is 18.2 Å². The van der Waals surface area contributed by atoms with Gasteiger partial charge in [0.05, 0.1) is 5.69 Å². The molecule has 3 rings (SSSR count). The van der Waals surface area contributed by atoms with Crippen molar-refractivity contribution in [3.05, 3.63) is 24.0 Å². The molecule has 1 atom stereocenters. The van der Waals surface area contributed by atoms with Gasteiger partial charge in [-0.1, -0.05) is 11.8 Å². The van der Waals surface area contributed by atoms with Crippen LogP contribution in [-0.4, -0.2) is 35.9 Å². The molecule has 1 aromatic carbocycles. The third kappa shape index (κ3) is 3.11. The van der Waals surface area contributed by atoms with Gasteiger partial charge in [0, 0.05) is 43.9 Å². The van der Waals surface area contributed by atoms with Crippen molar-refractivity contribution in [3.63, 3.8) is 0 Å². The smallest absolute Gasteiger partial charge is 0.228 e. The fourth-order valence-corrected chi connectivity index (χ4v) is 4.04. The lowest BCUT2D eigenvalue weighted by Crippen LogP contribution is -2.25. The summed E-state index contributed by atoms with van der Waals surface area (Å²) in [4.78, 5) is 26.9. The minimum Gasteiger partial charge on any atom is -0.369 e. The molecule has 6 heteroatoms. The predicted molar refractivity (Wildman–Crippen MR) is 86.9 cm³/mol. The summed E-state index contributed by atoms with van der Waals surface area (Å²) in [5.41, 5.74) is 1.19. The topological polar surface area (TPSA) is 40.6 Å². The van der Waals surface area contributed by atoms with Gasteiger partial charge in [0.2, 0.25) is 5.91 Å². The summed E-state index contributed by atoms with van der Waals surface area (Å²) in [6.45, 7) is 3.74. The number of carbonyl (C=O) groups excluding carboxylic acids is 2. The first-order valence-corrected chi connectivity index (χ1v) is 8.44. The first-order chi connectivity index (χ1) is 10.5. The Morgan fingerprint density at radius 1 is 1.32 bits per heavy atom. The van der Waals surface area contributed by atoms with E-state index >= 15 is 0 Å². The first kappa shape index (κ1) is 15.3. The molecule has 1 aromatic rings. The Bertz CT molecular complexity index is 602. The molecular weight excluding hydrogens is 303 g/mol. The van der Waals surface area contributed by atoms with E-state index in [1.165, 1.54) is 24.8 Å². The number of thioether (sulfide) groups is 1. The molecule has 22 heavy (non-hydrogen) atoms. The highest BCUT2D eigenvalue weighted by atomic mass is 32.2. The van der Waals surface area contributed by atoms with E-state index in [0.717, 1.165) is 25.9 Å². The van der Waals surface area contributed by atoms with Crippen LogP contribution in [-0.2, 0) is 9.59 Å². The summed E-state index contributed by atoms with van der Waals surface area (Å²) in [7, 11) is 0. The second kappa shape index (κ2) is 6.28. The second-order valence-electron chi connectivity index (χ2n) is 5.77. The van der Waals surface area contributed by atoms with Crippen LogP contribution in [0, 0.1) is 5.82 Å². The van der Waals surface area contributed by atoms with E-state index in [4.69, 9.17) is 0 Å². The lowest BCUT2D eigenvalue weighted by atomic mass is 10.2. The number of hydrogen-bond acceptors (Lipinski definition) is 4. The third-order valence-corrected chi connectivity index (χ3v) is 5.09. The largest absolute Gasteiger partial charge is 0.369 e. The average Bonchev–Trinajstić information content (AvgIpc) is 3.08. The van der Waals surface area contributed by atoms with Crippen LogP contribution >= 0.6 is 11.8 Å². The van der Waals surface area contributed by atoms with Gasteiger partial charge >= 0.3 is 0 Å². The van der Waals surface area contributed by atoms with Gasteiger partial charge in [-0.2, -0.15) is 0 Å². The Hall–Kier alpha value is -1.56. The molecule has 2 fully saturated rings. The maximum atomic E-state index is 14.4. The Morgan fingerprint density at radius 3 is 2.68 bits per heavy atom. The van der Waals surface area contributed by atoms with E-state index in [1.54, 1.807) is 17.0 Å². The minimum absolute atomic E-state index is 0.00946. The minimum atomic E-state index is -0.283. The molecule has 0 spiro atoms. The third-order valence-electron chi connectivity index (χ3n) is 4.11. The monoisotopic (exact) mass is 322 g/mol. The van der Waals surface area contributed by atoms with Crippen LogP contribution in [0.3, 0.4) is 0 Å². The maximum Gasteiger partial charge on any atom is 0.228 e. The molecule has 0 radical (unpaired) electrons. The predicted octanol–water partition coefficient (Wildman–Crippen LogP) is 2.81. The van der Waals surface area contributed by atoms with E-state index in [1.807, 2.05) is 4.90 Å². The second-order valence-corrected chi connectivity index (χ2v) is 7.25. The molecule has 0 bridgehead atoms. The van der Waals surface area contributed by atoms with E-state index < -0.39 is 0 Å². The standard InChI is InChI=1S/C16H19FN2O2S/c1-11(20)22-13-9-16(21)19(10-13)12-4-5-15(14(17)8-12)18-6-2-3-7-18/h4-5,8,13H,2-3,6-7,9-10H2,1H3. The van der Waals surface area contributed by atoms with E-state index in [2.05, 4.69) is 0 Å². The van der Waals surface area contributed by atoms with Crippen LogP contribution < -0.4 is 9.80 Å². The van der Waals surface area contributed by atoms with Gasteiger partial charge in [-0.15, -0.1) is 0 Å². The van der Waals surface area contributed by atoms with Crippen LogP contribution in [0.1, 0.15) is 26.2 Å². The summed E-state index contributed by atoms with van der Waals surface area (Å²) in [5, 5.41) is -0.0264. The quantitative estimate of drug-likeness (QED) is 0.858. The number of nitrogens with zero attached hydrogens (tertiary/aromatic N) is 2. The van der Waals surface area contributed by atoms with Crippen LogP contribution in [0.2, 0.25) is 0 Å². The van der Waals surface area contributed by atoms with Crippen molar-refractivity contribution in [2.45, 2.75) is 31.4 Å². The molecule has 0 saturated carbocycles. The highest BCUT2D eigenvalue weighted by Crippen LogP contribution is 2.32. The summed E-state index contributed by atoms with van der Waals surface area (Å²) in [6.07, 6.45) is 2.52. The van der Waals surface area contributed by atoms with Crippen molar-refractivity contribution in [3.8, 4) is 0 Å². The molecule has 118 valence electrons.